The van der Waals surface area contributed by atoms with E-state index < -0.39 is 5.97 Å². The van der Waals surface area contributed by atoms with Crippen LogP contribution >= 0.6 is 0 Å². The van der Waals surface area contributed by atoms with E-state index in [-0.39, 0.29) is 18.4 Å². The van der Waals surface area contributed by atoms with Gasteiger partial charge in [-0.3, -0.25) is 9.59 Å². The quantitative estimate of drug-likeness (QED) is 0.749. The van der Waals surface area contributed by atoms with Gasteiger partial charge in [0.2, 0.25) is 5.91 Å². The Labute approximate surface area is 142 Å². The van der Waals surface area contributed by atoms with Crippen LogP contribution in [0.5, 0.6) is 0 Å². The van der Waals surface area contributed by atoms with Gasteiger partial charge < -0.3 is 10.0 Å². The molecule has 0 unspecified atom stereocenters. The molecule has 2 aromatic carbocycles. The second-order valence-corrected chi connectivity index (χ2v) is 5.79. The Bertz CT molecular complexity index is 616. The van der Waals surface area contributed by atoms with Crippen molar-refractivity contribution in [1.82, 2.24) is 4.90 Å². The summed E-state index contributed by atoms with van der Waals surface area (Å²) >= 11 is 0. The van der Waals surface area contributed by atoms with Crippen molar-refractivity contribution in [2.24, 2.45) is 0 Å². The first-order chi connectivity index (χ1) is 11.6. The van der Waals surface area contributed by atoms with Crippen LogP contribution in [0.15, 0.2) is 60.7 Å². The number of carbonyl (C=O) groups is 2. The van der Waals surface area contributed by atoms with E-state index in [0.717, 1.165) is 11.1 Å². The summed E-state index contributed by atoms with van der Waals surface area (Å²) in [7, 11) is 0. The number of hydrogen-bond acceptors (Lipinski definition) is 2. The normalized spacial score (nSPS) is 10.6. The zero-order valence-electron chi connectivity index (χ0n) is 13.9. The van der Waals surface area contributed by atoms with Crippen LogP contribution in [-0.4, -0.2) is 28.4 Å². The molecule has 24 heavy (non-hydrogen) atoms. The maximum atomic E-state index is 12.3. The van der Waals surface area contributed by atoms with Gasteiger partial charge in [-0.15, -0.1) is 0 Å². The number of carboxylic acids is 1. The molecule has 0 heterocycles. The maximum absolute atomic E-state index is 12.3. The fourth-order valence-corrected chi connectivity index (χ4v) is 2.85. The minimum absolute atomic E-state index is 0.0111. The molecule has 2 aromatic rings. The topological polar surface area (TPSA) is 57.6 Å². The Morgan fingerprint density at radius 1 is 0.917 bits per heavy atom. The number of hydrogen-bond donors (Lipinski definition) is 1. The molecule has 0 saturated carbocycles. The molecular formula is C20H23NO3. The molecule has 4 nitrogen and oxygen atoms in total. The highest BCUT2D eigenvalue weighted by molar-refractivity contribution is 5.74. The lowest BCUT2D eigenvalue weighted by molar-refractivity contribution is -0.137. The highest BCUT2D eigenvalue weighted by atomic mass is 16.4. The maximum Gasteiger partial charge on any atom is 0.303 e. The first kappa shape index (κ1) is 17.7. The van der Waals surface area contributed by atoms with Crippen LogP contribution in [0, 0.1) is 0 Å². The van der Waals surface area contributed by atoms with Crippen LogP contribution in [0.3, 0.4) is 0 Å². The molecule has 0 aliphatic rings. The Morgan fingerprint density at radius 3 is 1.83 bits per heavy atom. The summed E-state index contributed by atoms with van der Waals surface area (Å²) in [6, 6.07) is 19.7. The third-order valence-electron chi connectivity index (χ3n) is 3.99. The van der Waals surface area contributed by atoms with Gasteiger partial charge in [-0.25, -0.2) is 0 Å². The average molecular weight is 325 g/mol. The number of carboxylic acid groups (broad SMARTS) is 1. The first-order valence-corrected chi connectivity index (χ1v) is 8.18. The van der Waals surface area contributed by atoms with Crippen molar-refractivity contribution in [1.29, 1.82) is 0 Å². The van der Waals surface area contributed by atoms with Crippen LogP contribution in [0.2, 0.25) is 0 Å². The molecule has 0 saturated heterocycles. The van der Waals surface area contributed by atoms with E-state index in [4.69, 9.17) is 5.11 Å². The smallest absolute Gasteiger partial charge is 0.303 e. The molecule has 2 rings (SSSR count). The van der Waals surface area contributed by atoms with Crippen LogP contribution < -0.4 is 0 Å². The van der Waals surface area contributed by atoms with E-state index in [1.54, 1.807) is 6.92 Å². The summed E-state index contributed by atoms with van der Waals surface area (Å²) in [6.45, 7) is 2.10. The predicted octanol–water partition coefficient (Wildman–Crippen LogP) is 3.88. The summed E-state index contributed by atoms with van der Waals surface area (Å²) in [6.07, 6.45) is 1.37. The van der Waals surface area contributed by atoms with Crippen molar-refractivity contribution >= 4 is 11.9 Å². The molecule has 1 amide bonds. The van der Waals surface area contributed by atoms with Crippen LogP contribution in [0.4, 0.5) is 0 Å². The molecule has 0 radical (unpaired) electrons. The number of aliphatic carboxylic acids is 1. The van der Waals surface area contributed by atoms with Gasteiger partial charge in [0.15, 0.2) is 0 Å². The number of benzene rings is 2. The minimum atomic E-state index is -0.799. The zero-order valence-corrected chi connectivity index (χ0v) is 13.9. The molecule has 1 N–H and O–H groups in total. The van der Waals surface area contributed by atoms with Crippen molar-refractivity contribution in [3.63, 3.8) is 0 Å². The molecule has 0 spiro atoms. The molecular weight excluding hydrogens is 302 g/mol. The minimum Gasteiger partial charge on any atom is -0.481 e. The standard InChI is InChI=1S/C20H23NO3/c1-16(22)21(15-9-8-14-19(23)24)20(17-10-4-2-5-11-17)18-12-6-3-7-13-18/h2-7,10-13,20H,8-9,14-15H2,1H3,(H,23,24). The van der Waals surface area contributed by atoms with Gasteiger partial charge in [0.25, 0.3) is 0 Å². The lowest BCUT2D eigenvalue weighted by Crippen LogP contribution is -2.34. The van der Waals surface area contributed by atoms with E-state index in [9.17, 15) is 9.59 Å². The van der Waals surface area contributed by atoms with Gasteiger partial charge in [-0.2, -0.15) is 0 Å². The van der Waals surface area contributed by atoms with E-state index in [0.29, 0.717) is 19.4 Å². The monoisotopic (exact) mass is 325 g/mol. The summed E-state index contributed by atoms with van der Waals surface area (Å²) in [5, 5.41) is 8.77. The van der Waals surface area contributed by atoms with Gasteiger partial charge in [0.1, 0.15) is 0 Å². The van der Waals surface area contributed by atoms with Gasteiger partial charge in [-0.1, -0.05) is 60.7 Å². The van der Waals surface area contributed by atoms with Gasteiger partial charge in [-0.05, 0) is 24.0 Å². The first-order valence-electron chi connectivity index (χ1n) is 8.18. The van der Waals surface area contributed by atoms with Crippen LogP contribution in [0.25, 0.3) is 0 Å². The third kappa shape index (κ3) is 4.95. The van der Waals surface area contributed by atoms with Crippen LogP contribution in [0.1, 0.15) is 43.4 Å². The number of unbranched alkanes of at least 4 members (excludes halogenated alkanes) is 1. The molecule has 4 heteroatoms. The second kappa shape index (κ2) is 8.87. The number of carbonyl (C=O) groups excluding carboxylic acids is 1. The molecule has 0 atom stereocenters. The fourth-order valence-electron chi connectivity index (χ4n) is 2.85. The number of nitrogens with zero attached hydrogens (tertiary/aromatic N) is 1. The fraction of sp³-hybridized carbons (Fsp3) is 0.300. The Hall–Kier alpha value is -2.62. The lowest BCUT2D eigenvalue weighted by Gasteiger charge is -2.32. The highest BCUT2D eigenvalue weighted by Crippen LogP contribution is 2.29. The van der Waals surface area contributed by atoms with Gasteiger partial charge in [0.05, 0.1) is 6.04 Å². The third-order valence-corrected chi connectivity index (χ3v) is 3.99. The summed E-state index contributed by atoms with van der Waals surface area (Å²) in [5.74, 6) is -0.810. The van der Waals surface area contributed by atoms with E-state index in [1.807, 2.05) is 65.6 Å². The van der Waals surface area contributed by atoms with Crippen molar-refractivity contribution in [2.45, 2.75) is 32.2 Å². The van der Waals surface area contributed by atoms with Gasteiger partial charge >= 0.3 is 5.97 Å². The second-order valence-electron chi connectivity index (χ2n) is 5.79. The van der Waals surface area contributed by atoms with Crippen molar-refractivity contribution in [3.8, 4) is 0 Å². The molecule has 0 aliphatic heterocycles. The molecule has 0 bridgehead atoms. The summed E-state index contributed by atoms with van der Waals surface area (Å²) < 4.78 is 0. The predicted molar refractivity (Wildman–Crippen MR) is 93.6 cm³/mol. The highest BCUT2D eigenvalue weighted by Gasteiger charge is 2.24. The number of rotatable bonds is 8. The van der Waals surface area contributed by atoms with Gasteiger partial charge in [0, 0.05) is 19.9 Å². The zero-order chi connectivity index (χ0) is 17.4. The van der Waals surface area contributed by atoms with E-state index in [2.05, 4.69) is 0 Å². The van der Waals surface area contributed by atoms with Crippen molar-refractivity contribution in [3.05, 3.63) is 71.8 Å². The van der Waals surface area contributed by atoms with E-state index in [1.165, 1.54) is 0 Å². The van der Waals surface area contributed by atoms with E-state index >= 15 is 0 Å². The molecule has 0 aliphatic carbocycles. The lowest BCUT2D eigenvalue weighted by atomic mass is 9.96. The molecule has 0 aromatic heterocycles. The Kier molecular flexibility index (Phi) is 6.55. The Morgan fingerprint density at radius 2 is 1.42 bits per heavy atom. The Balaban J connectivity index is 2.25. The van der Waals surface area contributed by atoms with Crippen LogP contribution in [-0.2, 0) is 9.59 Å². The number of amides is 1. The summed E-state index contributed by atoms with van der Waals surface area (Å²) in [4.78, 5) is 24.8. The van der Waals surface area contributed by atoms with Crippen molar-refractivity contribution < 1.29 is 14.7 Å². The largest absolute Gasteiger partial charge is 0.481 e. The molecule has 0 fully saturated rings. The SMILES string of the molecule is CC(=O)N(CCCCC(=O)O)C(c1ccccc1)c1ccccc1. The summed E-state index contributed by atoms with van der Waals surface area (Å²) in [5.41, 5.74) is 2.11. The van der Waals surface area contributed by atoms with Crippen molar-refractivity contribution in [2.75, 3.05) is 6.54 Å². The average Bonchev–Trinajstić information content (AvgIpc) is 2.58. The molecule has 126 valence electrons.